The second kappa shape index (κ2) is 20.3. The Labute approximate surface area is 426 Å². The van der Waals surface area contributed by atoms with E-state index in [1.54, 1.807) is 0 Å². The van der Waals surface area contributed by atoms with Gasteiger partial charge in [0.05, 0.1) is 0 Å². The Morgan fingerprint density at radius 2 is 0.466 bits per heavy atom. The van der Waals surface area contributed by atoms with Crippen molar-refractivity contribution in [1.82, 2.24) is 13.7 Å². The molecule has 0 fully saturated rings. The second-order valence-electron chi connectivity index (χ2n) is 18.0. The molecule has 0 amide bonds. The monoisotopic (exact) mass is 942 g/mol. The summed E-state index contributed by atoms with van der Waals surface area (Å²) >= 11 is 0. The summed E-state index contributed by atoms with van der Waals surface area (Å²) in [5.74, 6) is 3.17. The standard InChI is InChI=1S/C67H50N4O2/c1-2-44-68(43-1)58-23-9-51(10-24-58)49-50-7-11-52(12-8-50)53-13-25-61(26-14-53)71(62-27-15-54(16-28-62)56-19-35-64(36-20-56)72-66-39-31-59(32-40-66)69-45-3-4-46-69)63-29-17-55(18-30-63)57-21-37-65(38-22-57)73-67-41-33-60(34-42-67)70-47-5-6-48-70/h1-48H,49H2. The molecule has 0 N–H and O–H groups in total. The van der Waals surface area contributed by atoms with Crippen molar-refractivity contribution in [2.75, 3.05) is 4.90 Å². The van der Waals surface area contributed by atoms with E-state index in [1.165, 1.54) is 27.9 Å². The third-order valence-corrected chi connectivity index (χ3v) is 13.2. The molecule has 9 aromatic carbocycles. The molecule has 0 saturated carbocycles. The van der Waals surface area contributed by atoms with Crippen LogP contribution in [0.15, 0.2) is 292 Å². The molecule has 0 bridgehead atoms. The van der Waals surface area contributed by atoms with Gasteiger partial charge in [0, 0.05) is 71.3 Å². The first kappa shape index (κ1) is 44.4. The number of hydrogen-bond donors (Lipinski definition) is 0. The molecule has 3 heterocycles. The molecule has 0 aliphatic rings. The fraction of sp³-hybridized carbons (Fsp3) is 0.0149. The molecule has 73 heavy (non-hydrogen) atoms. The van der Waals surface area contributed by atoms with Crippen LogP contribution in [0.3, 0.4) is 0 Å². The molecule has 0 atom stereocenters. The Balaban J connectivity index is 0.769. The summed E-state index contributed by atoms with van der Waals surface area (Å²) in [6.07, 6.45) is 13.2. The van der Waals surface area contributed by atoms with Crippen molar-refractivity contribution >= 4 is 17.1 Å². The largest absolute Gasteiger partial charge is 0.457 e. The van der Waals surface area contributed by atoms with Gasteiger partial charge in [-0.1, -0.05) is 97.1 Å². The van der Waals surface area contributed by atoms with E-state index >= 15 is 0 Å². The first-order valence-electron chi connectivity index (χ1n) is 24.6. The van der Waals surface area contributed by atoms with Crippen LogP contribution < -0.4 is 14.4 Å². The summed E-state index contributed by atoms with van der Waals surface area (Å²) in [5, 5.41) is 0. The first-order chi connectivity index (χ1) is 36.1. The second-order valence-corrected chi connectivity index (χ2v) is 18.0. The number of rotatable bonds is 15. The van der Waals surface area contributed by atoms with E-state index in [0.29, 0.717) is 0 Å². The number of hydrogen-bond acceptors (Lipinski definition) is 3. The molecule has 0 aliphatic heterocycles. The predicted octanol–water partition coefficient (Wildman–Crippen LogP) is 17.7. The molecule has 0 radical (unpaired) electrons. The zero-order valence-corrected chi connectivity index (χ0v) is 40.0. The smallest absolute Gasteiger partial charge is 0.127 e. The van der Waals surface area contributed by atoms with Crippen LogP contribution in [0.1, 0.15) is 11.1 Å². The SMILES string of the molecule is c1ccn(-c2ccc(Cc3ccc(-c4ccc(N(c5ccc(-c6ccc(Oc7ccc(-n8cccc8)cc7)cc6)cc5)c5ccc(-c6ccc(Oc7ccc(-n8cccc8)cc7)cc6)cc5)cc4)cc3)cc2)c1. The van der Waals surface area contributed by atoms with Gasteiger partial charge in [0.25, 0.3) is 0 Å². The van der Waals surface area contributed by atoms with Crippen LogP contribution in [-0.4, -0.2) is 13.7 Å². The van der Waals surface area contributed by atoms with Crippen LogP contribution in [0, 0.1) is 0 Å². The van der Waals surface area contributed by atoms with Gasteiger partial charge >= 0.3 is 0 Å². The maximum Gasteiger partial charge on any atom is 0.127 e. The number of nitrogens with zero attached hydrogens (tertiary/aromatic N) is 4. The normalized spacial score (nSPS) is 11.1. The van der Waals surface area contributed by atoms with Crippen molar-refractivity contribution in [3.05, 3.63) is 303 Å². The Morgan fingerprint density at radius 3 is 0.753 bits per heavy atom. The summed E-state index contributed by atoms with van der Waals surface area (Å²) in [6.45, 7) is 0. The summed E-state index contributed by atoms with van der Waals surface area (Å²) in [5.41, 5.74) is 15.9. The van der Waals surface area contributed by atoms with Crippen molar-refractivity contribution in [2.24, 2.45) is 0 Å². The number of aromatic nitrogens is 3. The van der Waals surface area contributed by atoms with E-state index in [1.807, 2.05) is 110 Å². The molecular weight excluding hydrogens is 893 g/mol. The van der Waals surface area contributed by atoms with Gasteiger partial charge in [-0.05, 0) is 209 Å². The molecule has 6 nitrogen and oxygen atoms in total. The van der Waals surface area contributed by atoms with Crippen molar-refractivity contribution in [1.29, 1.82) is 0 Å². The van der Waals surface area contributed by atoms with Crippen LogP contribution in [-0.2, 0) is 6.42 Å². The van der Waals surface area contributed by atoms with Gasteiger partial charge in [0.1, 0.15) is 23.0 Å². The summed E-state index contributed by atoms with van der Waals surface area (Å²) in [4.78, 5) is 2.32. The molecule has 0 aliphatic carbocycles. The summed E-state index contributed by atoms with van der Waals surface area (Å²) in [7, 11) is 0. The molecule has 12 aromatic rings. The fourth-order valence-corrected chi connectivity index (χ4v) is 9.29. The lowest BCUT2D eigenvalue weighted by atomic mass is 9.99. The lowest BCUT2D eigenvalue weighted by Crippen LogP contribution is -2.09. The molecule has 0 spiro atoms. The van der Waals surface area contributed by atoms with Gasteiger partial charge in [-0.25, -0.2) is 0 Å². The molecule has 6 heteroatoms. The Morgan fingerprint density at radius 1 is 0.247 bits per heavy atom. The van der Waals surface area contributed by atoms with E-state index in [9.17, 15) is 0 Å². The van der Waals surface area contributed by atoms with Gasteiger partial charge in [-0.15, -0.1) is 0 Å². The zero-order valence-electron chi connectivity index (χ0n) is 40.0. The minimum absolute atomic E-state index is 0.789. The van der Waals surface area contributed by atoms with Crippen LogP contribution >= 0.6 is 0 Å². The minimum atomic E-state index is 0.789. The van der Waals surface area contributed by atoms with Crippen LogP contribution in [0.5, 0.6) is 23.0 Å². The van der Waals surface area contributed by atoms with Crippen LogP contribution in [0.2, 0.25) is 0 Å². The molecule has 0 unspecified atom stereocenters. The van der Waals surface area contributed by atoms with Gasteiger partial charge in [-0.2, -0.15) is 0 Å². The van der Waals surface area contributed by atoms with Gasteiger partial charge < -0.3 is 28.1 Å². The van der Waals surface area contributed by atoms with Gasteiger partial charge in [0.2, 0.25) is 0 Å². The summed E-state index contributed by atoms with van der Waals surface area (Å²) < 4.78 is 18.7. The van der Waals surface area contributed by atoms with E-state index in [4.69, 9.17) is 9.47 Å². The summed E-state index contributed by atoms with van der Waals surface area (Å²) in [6, 6.07) is 89.2. The highest BCUT2D eigenvalue weighted by molar-refractivity contribution is 5.81. The van der Waals surface area contributed by atoms with E-state index in [2.05, 4.69) is 201 Å². The van der Waals surface area contributed by atoms with Crippen LogP contribution in [0.4, 0.5) is 17.1 Å². The molecule has 12 rings (SSSR count). The van der Waals surface area contributed by atoms with Gasteiger partial charge in [0.15, 0.2) is 0 Å². The topological polar surface area (TPSA) is 36.5 Å². The zero-order chi connectivity index (χ0) is 48.8. The van der Waals surface area contributed by atoms with E-state index in [-0.39, 0.29) is 0 Å². The van der Waals surface area contributed by atoms with E-state index < -0.39 is 0 Å². The molecular formula is C67H50N4O2. The number of anilines is 3. The maximum atomic E-state index is 6.22. The minimum Gasteiger partial charge on any atom is -0.457 e. The highest BCUT2D eigenvalue weighted by Crippen LogP contribution is 2.39. The molecule has 0 saturated heterocycles. The molecule has 3 aromatic heterocycles. The van der Waals surface area contributed by atoms with Crippen LogP contribution in [0.25, 0.3) is 50.4 Å². The Hall–Kier alpha value is -9.78. The lowest BCUT2D eigenvalue weighted by Gasteiger charge is -2.26. The first-order valence-corrected chi connectivity index (χ1v) is 24.6. The van der Waals surface area contributed by atoms with Crippen molar-refractivity contribution in [3.8, 4) is 73.4 Å². The maximum absolute atomic E-state index is 6.22. The quantitative estimate of drug-likeness (QED) is 0.103. The fourth-order valence-electron chi connectivity index (χ4n) is 9.29. The third kappa shape index (κ3) is 10.1. The average molecular weight is 943 g/mol. The highest BCUT2D eigenvalue weighted by atomic mass is 16.5. The Bertz CT molecular complexity index is 3250. The number of benzene rings is 9. The highest BCUT2D eigenvalue weighted by Gasteiger charge is 2.15. The van der Waals surface area contributed by atoms with Crippen molar-refractivity contribution in [2.45, 2.75) is 6.42 Å². The third-order valence-electron chi connectivity index (χ3n) is 13.2. The van der Waals surface area contributed by atoms with Crippen molar-refractivity contribution < 1.29 is 9.47 Å². The van der Waals surface area contributed by atoms with Crippen molar-refractivity contribution in [3.63, 3.8) is 0 Å². The van der Waals surface area contributed by atoms with Gasteiger partial charge in [-0.3, -0.25) is 0 Å². The lowest BCUT2D eigenvalue weighted by molar-refractivity contribution is 0.482. The Kier molecular flexibility index (Phi) is 12.3. The van der Waals surface area contributed by atoms with E-state index in [0.717, 1.165) is 80.1 Å². The average Bonchev–Trinajstić information content (AvgIpc) is 4.30. The molecule has 350 valence electrons. The predicted molar refractivity (Wildman–Crippen MR) is 298 cm³/mol. The number of ether oxygens (including phenoxy) is 2.